The Morgan fingerprint density at radius 3 is 2.80 bits per heavy atom. The number of benzene rings is 1. The van der Waals surface area contributed by atoms with Crippen molar-refractivity contribution < 1.29 is 15.0 Å². The first-order valence-electron chi connectivity index (χ1n) is 4.49. The molecule has 4 nitrogen and oxygen atoms in total. The van der Waals surface area contributed by atoms with Crippen LogP contribution in [0.3, 0.4) is 0 Å². The number of carboxylic acid groups (broad SMARTS) is 1. The molecule has 1 aromatic carbocycles. The van der Waals surface area contributed by atoms with E-state index >= 15 is 0 Å². The zero-order valence-corrected chi connectivity index (χ0v) is 9.57. The van der Waals surface area contributed by atoms with E-state index in [0.717, 1.165) is 10.0 Å². The summed E-state index contributed by atoms with van der Waals surface area (Å²) >= 11 is 3.31. The summed E-state index contributed by atoms with van der Waals surface area (Å²) in [5.74, 6) is 0. The van der Waals surface area contributed by atoms with E-state index in [1.807, 2.05) is 24.3 Å². The van der Waals surface area contributed by atoms with E-state index in [0.29, 0.717) is 6.42 Å². The van der Waals surface area contributed by atoms with Gasteiger partial charge >= 0.3 is 6.09 Å². The number of halogens is 1. The number of carbonyl (C=O) groups is 1. The molecule has 0 radical (unpaired) electrons. The predicted octanol–water partition coefficient (Wildman–Crippen LogP) is 2.14. The summed E-state index contributed by atoms with van der Waals surface area (Å²) in [7, 11) is 0. The average Bonchev–Trinajstić information content (AvgIpc) is 2.16. The van der Waals surface area contributed by atoms with Crippen molar-refractivity contribution in [2.45, 2.75) is 12.5 Å². The second-order valence-corrected chi connectivity index (χ2v) is 3.99. The Balaban J connectivity index is 2.83. The van der Waals surface area contributed by atoms with Crippen LogP contribution in [0.2, 0.25) is 0 Å². The van der Waals surface area contributed by atoms with Gasteiger partial charge < -0.3 is 15.5 Å². The van der Waals surface area contributed by atoms with Crippen LogP contribution in [0.25, 0.3) is 0 Å². The van der Waals surface area contributed by atoms with Crippen LogP contribution < -0.4 is 5.32 Å². The molecule has 15 heavy (non-hydrogen) atoms. The summed E-state index contributed by atoms with van der Waals surface area (Å²) in [6.45, 7) is -0.0581. The number of aliphatic hydroxyl groups is 1. The first-order valence-corrected chi connectivity index (χ1v) is 5.28. The minimum atomic E-state index is -1.09. The van der Waals surface area contributed by atoms with Crippen molar-refractivity contribution in [3.05, 3.63) is 34.3 Å². The second-order valence-electron chi connectivity index (χ2n) is 3.07. The van der Waals surface area contributed by atoms with E-state index in [4.69, 9.17) is 10.2 Å². The Labute approximate surface area is 96.1 Å². The van der Waals surface area contributed by atoms with Crippen LogP contribution in [-0.2, 0) is 0 Å². The lowest BCUT2D eigenvalue weighted by Gasteiger charge is -2.16. The largest absolute Gasteiger partial charge is 0.465 e. The normalized spacial score (nSPS) is 12.1. The zero-order valence-electron chi connectivity index (χ0n) is 7.98. The topological polar surface area (TPSA) is 69.6 Å². The molecule has 0 aliphatic heterocycles. The van der Waals surface area contributed by atoms with E-state index in [9.17, 15) is 4.79 Å². The summed E-state index contributed by atoms with van der Waals surface area (Å²) in [4.78, 5) is 10.5. The van der Waals surface area contributed by atoms with Crippen molar-refractivity contribution in [1.82, 2.24) is 5.32 Å². The van der Waals surface area contributed by atoms with Crippen LogP contribution in [0.4, 0.5) is 4.79 Å². The Morgan fingerprint density at radius 1 is 1.53 bits per heavy atom. The Hall–Kier alpha value is -1.07. The molecule has 0 aromatic heterocycles. The van der Waals surface area contributed by atoms with Crippen molar-refractivity contribution in [2.75, 3.05) is 6.61 Å². The van der Waals surface area contributed by atoms with Gasteiger partial charge in [-0.2, -0.15) is 0 Å². The fraction of sp³-hybridized carbons (Fsp3) is 0.300. The molecular formula is C10H12BrNO3. The highest BCUT2D eigenvalue weighted by molar-refractivity contribution is 9.10. The molecule has 1 rings (SSSR count). The third-order valence-corrected chi connectivity index (χ3v) is 2.46. The molecule has 0 aliphatic rings. The van der Waals surface area contributed by atoms with Crippen LogP contribution in [0.1, 0.15) is 18.0 Å². The summed E-state index contributed by atoms with van der Waals surface area (Å²) in [6.07, 6.45) is -0.726. The molecule has 0 saturated heterocycles. The standard InChI is InChI=1S/C10H12BrNO3/c11-8-3-1-2-7(6-8)9(4-5-13)12-10(14)15/h1-3,6,9,12-13H,4-5H2,(H,14,15). The molecule has 0 spiro atoms. The summed E-state index contributed by atoms with van der Waals surface area (Å²) in [5.41, 5.74) is 0.834. The summed E-state index contributed by atoms with van der Waals surface area (Å²) in [6, 6.07) is 6.97. The highest BCUT2D eigenvalue weighted by atomic mass is 79.9. The van der Waals surface area contributed by atoms with Crippen LogP contribution in [-0.4, -0.2) is 22.9 Å². The molecular weight excluding hydrogens is 262 g/mol. The van der Waals surface area contributed by atoms with E-state index in [1.165, 1.54) is 0 Å². The molecule has 0 fully saturated rings. The lowest BCUT2D eigenvalue weighted by molar-refractivity contribution is 0.185. The molecule has 0 saturated carbocycles. The van der Waals surface area contributed by atoms with Gasteiger partial charge in [0.15, 0.2) is 0 Å². The minimum Gasteiger partial charge on any atom is -0.465 e. The first-order chi connectivity index (χ1) is 7.13. The van der Waals surface area contributed by atoms with Gasteiger partial charge in [-0.15, -0.1) is 0 Å². The molecule has 1 aromatic rings. The quantitative estimate of drug-likeness (QED) is 0.787. The van der Waals surface area contributed by atoms with Gasteiger partial charge in [0, 0.05) is 11.1 Å². The molecule has 82 valence electrons. The zero-order chi connectivity index (χ0) is 11.3. The van der Waals surface area contributed by atoms with Crippen LogP contribution in [0.15, 0.2) is 28.7 Å². The van der Waals surface area contributed by atoms with Crippen LogP contribution in [0, 0.1) is 0 Å². The lowest BCUT2D eigenvalue weighted by Crippen LogP contribution is -2.27. The van der Waals surface area contributed by atoms with Gasteiger partial charge in [-0.05, 0) is 24.1 Å². The highest BCUT2D eigenvalue weighted by Crippen LogP contribution is 2.20. The van der Waals surface area contributed by atoms with Gasteiger partial charge in [0.25, 0.3) is 0 Å². The molecule has 1 atom stereocenters. The Bertz CT molecular complexity index is 343. The third-order valence-electron chi connectivity index (χ3n) is 1.97. The molecule has 3 N–H and O–H groups in total. The lowest BCUT2D eigenvalue weighted by atomic mass is 10.0. The highest BCUT2D eigenvalue weighted by Gasteiger charge is 2.13. The number of nitrogens with one attached hydrogen (secondary N) is 1. The summed E-state index contributed by atoms with van der Waals surface area (Å²) < 4.78 is 0.884. The minimum absolute atomic E-state index is 0.0581. The smallest absolute Gasteiger partial charge is 0.405 e. The third kappa shape index (κ3) is 3.89. The monoisotopic (exact) mass is 273 g/mol. The molecule has 5 heteroatoms. The molecule has 1 unspecified atom stereocenters. The number of hydrogen-bond acceptors (Lipinski definition) is 2. The number of rotatable bonds is 4. The van der Waals surface area contributed by atoms with Crippen molar-refractivity contribution in [3.63, 3.8) is 0 Å². The Morgan fingerprint density at radius 2 is 2.27 bits per heavy atom. The van der Waals surface area contributed by atoms with E-state index in [-0.39, 0.29) is 12.6 Å². The second kappa shape index (κ2) is 5.72. The molecule has 0 heterocycles. The van der Waals surface area contributed by atoms with Gasteiger partial charge in [0.2, 0.25) is 0 Å². The molecule has 0 bridgehead atoms. The van der Waals surface area contributed by atoms with Gasteiger partial charge in [0.05, 0.1) is 6.04 Å². The fourth-order valence-electron chi connectivity index (χ4n) is 1.32. The van der Waals surface area contributed by atoms with Gasteiger partial charge in [0.1, 0.15) is 0 Å². The Kier molecular flexibility index (Phi) is 4.58. The predicted molar refractivity (Wildman–Crippen MR) is 59.7 cm³/mol. The van der Waals surface area contributed by atoms with Crippen LogP contribution >= 0.6 is 15.9 Å². The SMILES string of the molecule is O=C(O)NC(CCO)c1cccc(Br)c1. The number of aliphatic hydroxyl groups excluding tert-OH is 1. The van der Waals surface area contributed by atoms with E-state index < -0.39 is 6.09 Å². The van der Waals surface area contributed by atoms with Crippen molar-refractivity contribution in [2.24, 2.45) is 0 Å². The van der Waals surface area contributed by atoms with Gasteiger partial charge in [-0.3, -0.25) is 0 Å². The van der Waals surface area contributed by atoms with E-state index in [1.54, 1.807) is 0 Å². The first kappa shape index (κ1) is 12.0. The maximum Gasteiger partial charge on any atom is 0.405 e. The molecule has 1 amide bonds. The maximum absolute atomic E-state index is 10.5. The van der Waals surface area contributed by atoms with Gasteiger partial charge in [-0.25, -0.2) is 4.79 Å². The molecule has 0 aliphatic carbocycles. The van der Waals surface area contributed by atoms with Crippen LogP contribution in [0.5, 0.6) is 0 Å². The number of amides is 1. The fourth-order valence-corrected chi connectivity index (χ4v) is 1.74. The van der Waals surface area contributed by atoms with Crippen molar-refractivity contribution in [1.29, 1.82) is 0 Å². The van der Waals surface area contributed by atoms with Crippen molar-refractivity contribution >= 4 is 22.0 Å². The van der Waals surface area contributed by atoms with E-state index in [2.05, 4.69) is 21.2 Å². The maximum atomic E-state index is 10.5. The van der Waals surface area contributed by atoms with Crippen molar-refractivity contribution in [3.8, 4) is 0 Å². The number of hydrogen-bond donors (Lipinski definition) is 3. The average molecular weight is 274 g/mol. The summed E-state index contributed by atoms with van der Waals surface area (Å²) in [5, 5.41) is 19.8. The van der Waals surface area contributed by atoms with Gasteiger partial charge in [-0.1, -0.05) is 28.1 Å².